The summed E-state index contributed by atoms with van der Waals surface area (Å²) in [5.41, 5.74) is 2.09. The molecule has 100 valence electrons. The molecule has 1 aromatic carbocycles. The second-order valence-electron chi connectivity index (χ2n) is 3.99. The van der Waals surface area contributed by atoms with Crippen LogP contribution in [0.4, 0.5) is 4.39 Å². The second-order valence-corrected chi connectivity index (χ2v) is 3.99. The summed E-state index contributed by atoms with van der Waals surface area (Å²) >= 11 is 0. The van der Waals surface area contributed by atoms with Gasteiger partial charge in [0.05, 0.1) is 0 Å². The molecule has 0 aliphatic rings. The molecule has 4 nitrogen and oxygen atoms in total. The van der Waals surface area contributed by atoms with Crippen molar-refractivity contribution in [3.05, 3.63) is 54.1 Å². The van der Waals surface area contributed by atoms with Crippen LogP contribution in [-0.4, -0.2) is 11.2 Å². The molecule has 0 aliphatic carbocycles. The van der Waals surface area contributed by atoms with Gasteiger partial charge in [-0.2, -0.15) is 5.48 Å². The maximum absolute atomic E-state index is 12.7. The van der Waals surface area contributed by atoms with E-state index < -0.39 is 0 Å². The lowest BCUT2D eigenvalue weighted by Crippen LogP contribution is -2.18. The minimum absolute atomic E-state index is 0.174. The highest BCUT2D eigenvalue weighted by Gasteiger charge is 2.03. The van der Waals surface area contributed by atoms with E-state index in [2.05, 4.69) is 5.48 Å². The summed E-state index contributed by atoms with van der Waals surface area (Å²) in [4.78, 5) is 0. The first-order valence-electron chi connectivity index (χ1n) is 5.78. The van der Waals surface area contributed by atoms with Crippen molar-refractivity contribution in [1.29, 1.82) is 0 Å². The topological polar surface area (TPSA) is 54.6 Å². The Hall–Kier alpha value is -2.11. The van der Waals surface area contributed by atoms with Gasteiger partial charge in [0.2, 0.25) is 0 Å². The molecule has 0 aliphatic heterocycles. The van der Waals surface area contributed by atoms with Gasteiger partial charge in [-0.3, -0.25) is 0 Å². The molecular weight excluding hydrogens is 249 g/mol. The molecule has 0 radical (unpaired) electrons. The van der Waals surface area contributed by atoms with Gasteiger partial charge in [-0.05, 0) is 43.3 Å². The predicted octanol–water partition coefficient (Wildman–Crippen LogP) is 3.59. The van der Waals surface area contributed by atoms with Crippen molar-refractivity contribution in [2.45, 2.75) is 13.0 Å². The zero-order valence-electron chi connectivity index (χ0n) is 10.3. The molecule has 19 heavy (non-hydrogen) atoms. The SMILES string of the molecule is C[C@@H](/C=C/c1ccc(Oc2ccc(F)cc2)o1)NO. The molecule has 1 aromatic heterocycles. The highest BCUT2D eigenvalue weighted by molar-refractivity contribution is 5.44. The van der Waals surface area contributed by atoms with Gasteiger partial charge < -0.3 is 14.4 Å². The van der Waals surface area contributed by atoms with Crippen molar-refractivity contribution in [1.82, 2.24) is 5.48 Å². The fourth-order valence-corrected chi connectivity index (χ4v) is 1.38. The van der Waals surface area contributed by atoms with Crippen molar-refractivity contribution in [3.63, 3.8) is 0 Å². The van der Waals surface area contributed by atoms with Gasteiger partial charge >= 0.3 is 0 Å². The van der Waals surface area contributed by atoms with Gasteiger partial charge in [0.1, 0.15) is 17.3 Å². The molecule has 0 unspecified atom stereocenters. The van der Waals surface area contributed by atoms with Crippen LogP contribution in [0.1, 0.15) is 12.7 Å². The number of hydrogen-bond acceptors (Lipinski definition) is 4. The van der Waals surface area contributed by atoms with E-state index in [0.29, 0.717) is 17.5 Å². The molecule has 2 rings (SSSR count). The number of nitrogens with one attached hydrogen (secondary N) is 1. The Labute approximate surface area is 110 Å². The van der Waals surface area contributed by atoms with Crippen LogP contribution in [0.5, 0.6) is 11.7 Å². The maximum Gasteiger partial charge on any atom is 0.290 e. The number of benzene rings is 1. The van der Waals surface area contributed by atoms with E-state index in [1.165, 1.54) is 24.3 Å². The van der Waals surface area contributed by atoms with Crippen molar-refractivity contribution >= 4 is 6.08 Å². The molecule has 1 heterocycles. The van der Waals surface area contributed by atoms with Gasteiger partial charge in [0, 0.05) is 12.1 Å². The summed E-state index contributed by atoms with van der Waals surface area (Å²) in [6.07, 6.45) is 3.45. The van der Waals surface area contributed by atoms with Crippen LogP contribution < -0.4 is 10.2 Å². The number of ether oxygens (including phenoxy) is 1. The second kappa shape index (κ2) is 6.17. The van der Waals surface area contributed by atoms with Crippen molar-refractivity contribution in [3.8, 4) is 11.7 Å². The van der Waals surface area contributed by atoms with E-state index in [1.54, 1.807) is 31.2 Å². The van der Waals surface area contributed by atoms with E-state index in [0.717, 1.165) is 0 Å². The number of rotatable bonds is 5. The fourth-order valence-electron chi connectivity index (χ4n) is 1.38. The minimum atomic E-state index is -0.319. The largest absolute Gasteiger partial charge is 0.426 e. The van der Waals surface area contributed by atoms with E-state index in [-0.39, 0.29) is 11.9 Å². The molecule has 0 amide bonds. The van der Waals surface area contributed by atoms with Gasteiger partial charge in [0.25, 0.3) is 5.95 Å². The normalized spacial score (nSPS) is 12.8. The van der Waals surface area contributed by atoms with Gasteiger partial charge in [-0.25, -0.2) is 4.39 Å². The molecule has 0 saturated carbocycles. The molecule has 2 N–H and O–H groups in total. The van der Waals surface area contributed by atoms with Crippen LogP contribution >= 0.6 is 0 Å². The monoisotopic (exact) mass is 263 g/mol. The van der Waals surface area contributed by atoms with Gasteiger partial charge in [0.15, 0.2) is 0 Å². The number of hydroxylamine groups is 1. The Bertz CT molecular complexity index is 548. The van der Waals surface area contributed by atoms with Crippen LogP contribution in [0, 0.1) is 5.82 Å². The van der Waals surface area contributed by atoms with E-state index in [4.69, 9.17) is 14.4 Å². The van der Waals surface area contributed by atoms with E-state index >= 15 is 0 Å². The Kier molecular flexibility index (Phi) is 4.33. The van der Waals surface area contributed by atoms with Crippen LogP contribution in [0.2, 0.25) is 0 Å². The van der Waals surface area contributed by atoms with Gasteiger partial charge in [-0.1, -0.05) is 6.08 Å². The fraction of sp³-hybridized carbons (Fsp3) is 0.143. The van der Waals surface area contributed by atoms with E-state index in [1.807, 2.05) is 0 Å². The summed E-state index contributed by atoms with van der Waals surface area (Å²) in [6, 6.07) is 8.89. The average Bonchev–Trinajstić information content (AvgIpc) is 2.86. The third kappa shape index (κ3) is 3.94. The standard InChI is InChI=1S/C14H14FNO3/c1-10(16-17)2-5-12-8-9-14(18-12)19-13-6-3-11(15)4-7-13/h2-10,16-17H,1H3/b5-2+/t10-/m0/s1. The molecule has 5 heteroatoms. The first-order chi connectivity index (χ1) is 9.17. The molecular formula is C14H14FNO3. The summed E-state index contributed by atoms with van der Waals surface area (Å²) < 4.78 is 23.5. The quantitative estimate of drug-likeness (QED) is 0.809. The van der Waals surface area contributed by atoms with Gasteiger partial charge in [-0.15, -0.1) is 0 Å². The predicted molar refractivity (Wildman–Crippen MR) is 68.6 cm³/mol. The lowest BCUT2D eigenvalue weighted by Gasteiger charge is -2.01. The highest BCUT2D eigenvalue weighted by atomic mass is 19.1. The Morgan fingerprint density at radius 3 is 2.68 bits per heavy atom. The maximum atomic E-state index is 12.7. The lowest BCUT2D eigenvalue weighted by atomic mass is 10.3. The third-order valence-electron chi connectivity index (χ3n) is 2.39. The van der Waals surface area contributed by atoms with Crippen LogP contribution in [0.15, 0.2) is 46.9 Å². The summed E-state index contributed by atoms with van der Waals surface area (Å²) in [5.74, 6) is 1.09. The number of halogens is 1. The average molecular weight is 263 g/mol. The molecule has 0 saturated heterocycles. The van der Waals surface area contributed by atoms with E-state index in [9.17, 15) is 4.39 Å². The molecule has 2 aromatic rings. The number of furan rings is 1. The smallest absolute Gasteiger partial charge is 0.290 e. The molecule has 1 atom stereocenters. The summed E-state index contributed by atoms with van der Waals surface area (Å²) in [7, 11) is 0. The zero-order valence-corrected chi connectivity index (χ0v) is 10.3. The van der Waals surface area contributed by atoms with Crippen LogP contribution in [-0.2, 0) is 0 Å². The summed E-state index contributed by atoms with van der Waals surface area (Å²) in [5, 5.41) is 8.65. The van der Waals surface area contributed by atoms with Crippen molar-refractivity contribution in [2.24, 2.45) is 0 Å². The van der Waals surface area contributed by atoms with Crippen molar-refractivity contribution < 1.29 is 18.8 Å². The minimum Gasteiger partial charge on any atom is -0.426 e. The highest BCUT2D eigenvalue weighted by Crippen LogP contribution is 2.24. The molecule has 0 bridgehead atoms. The number of hydrogen-bond donors (Lipinski definition) is 2. The Morgan fingerprint density at radius 1 is 1.26 bits per heavy atom. The first kappa shape index (κ1) is 13.3. The molecule has 0 fully saturated rings. The van der Waals surface area contributed by atoms with Crippen LogP contribution in [0.25, 0.3) is 6.08 Å². The Balaban J connectivity index is 2.01. The van der Waals surface area contributed by atoms with Crippen molar-refractivity contribution in [2.75, 3.05) is 0 Å². The molecule has 0 spiro atoms. The van der Waals surface area contributed by atoms with Crippen LogP contribution in [0.3, 0.4) is 0 Å². The zero-order chi connectivity index (χ0) is 13.7. The third-order valence-corrected chi connectivity index (χ3v) is 2.39. The first-order valence-corrected chi connectivity index (χ1v) is 5.78. The summed E-state index contributed by atoms with van der Waals surface area (Å²) in [6.45, 7) is 1.79. The Morgan fingerprint density at radius 2 is 2.00 bits per heavy atom. The lowest BCUT2D eigenvalue weighted by molar-refractivity contribution is 0.150.